The van der Waals surface area contributed by atoms with Gasteiger partial charge in [0.2, 0.25) is 0 Å². The molecule has 1 aliphatic rings. The maximum absolute atomic E-state index is 9.87. The molecule has 0 amide bonds. The quantitative estimate of drug-likeness (QED) is 0.377. The molecule has 1 heterocycles. The minimum atomic E-state index is -0.792. The first-order chi connectivity index (χ1) is 5.66. The maximum Gasteiger partial charge on any atom is 0.0830 e. The maximum atomic E-state index is 9.87. The monoisotopic (exact) mass is 170 g/mol. The van der Waals surface area contributed by atoms with Crippen molar-refractivity contribution in [1.29, 1.82) is 0 Å². The highest BCUT2D eigenvalue weighted by atomic mass is 16.3. The van der Waals surface area contributed by atoms with Crippen LogP contribution in [0.3, 0.4) is 0 Å². The van der Waals surface area contributed by atoms with Crippen molar-refractivity contribution in [2.24, 2.45) is 5.11 Å². The Morgan fingerprint density at radius 1 is 1.75 bits per heavy atom. The van der Waals surface area contributed by atoms with Gasteiger partial charge < -0.3 is 10.0 Å². The van der Waals surface area contributed by atoms with Crippen LogP contribution in [0.4, 0.5) is 0 Å². The summed E-state index contributed by atoms with van der Waals surface area (Å²) in [5.74, 6) is 0. The highest BCUT2D eigenvalue weighted by molar-refractivity contribution is 4.87. The van der Waals surface area contributed by atoms with E-state index in [0.29, 0.717) is 6.54 Å². The van der Waals surface area contributed by atoms with Crippen LogP contribution in [0.1, 0.15) is 12.8 Å². The van der Waals surface area contributed by atoms with Crippen LogP contribution in [0, 0.1) is 0 Å². The summed E-state index contributed by atoms with van der Waals surface area (Å²) in [6, 6.07) is 0. The Balaban J connectivity index is 2.50. The molecule has 0 aromatic rings. The van der Waals surface area contributed by atoms with Gasteiger partial charge in [0.15, 0.2) is 0 Å². The summed E-state index contributed by atoms with van der Waals surface area (Å²) >= 11 is 0. The van der Waals surface area contributed by atoms with E-state index in [1.807, 2.05) is 7.05 Å². The average molecular weight is 170 g/mol. The Labute approximate surface area is 71.6 Å². The third kappa shape index (κ3) is 2.37. The number of hydrogen-bond acceptors (Lipinski definition) is 3. The molecule has 12 heavy (non-hydrogen) atoms. The van der Waals surface area contributed by atoms with E-state index >= 15 is 0 Å². The molecule has 1 fully saturated rings. The molecule has 1 saturated heterocycles. The topological polar surface area (TPSA) is 72.2 Å². The molecule has 5 heteroatoms. The zero-order valence-electron chi connectivity index (χ0n) is 7.27. The van der Waals surface area contributed by atoms with Crippen molar-refractivity contribution in [3.8, 4) is 0 Å². The molecular weight excluding hydrogens is 156 g/mol. The fraction of sp³-hybridized carbons (Fsp3) is 1.00. The van der Waals surface area contributed by atoms with E-state index in [2.05, 4.69) is 14.9 Å². The number of piperidine rings is 1. The van der Waals surface area contributed by atoms with Crippen molar-refractivity contribution in [3.63, 3.8) is 0 Å². The smallest absolute Gasteiger partial charge is 0.0830 e. The number of likely N-dealkylation sites (N-methyl/N-ethyl adjacent to an activating group) is 1. The minimum Gasteiger partial charge on any atom is -0.388 e. The molecule has 0 spiro atoms. The summed E-state index contributed by atoms with van der Waals surface area (Å²) in [4.78, 5) is 4.70. The van der Waals surface area contributed by atoms with Crippen LogP contribution in [-0.2, 0) is 0 Å². The first-order valence-corrected chi connectivity index (χ1v) is 4.08. The second-order valence-corrected chi connectivity index (χ2v) is 3.45. The largest absolute Gasteiger partial charge is 0.388 e. The SMILES string of the molecule is CN1CCC[C@](O)(CN=[N+]=[N-])C1. The van der Waals surface area contributed by atoms with Gasteiger partial charge >= 0.3 is 0 Å². The molecule has 1 atom stereocenters. The highest BCUT2D eigenvalue weighted by Crippen LogP contribution is 2.20. The summed E-state index contributed by atoms with van der Waals surface area (Å²) in [7, 11) is 1.96. The first-order valence-electron chi connectivity index (χ1n) is 4.08. The molecule has 0 unspecified atom stereocenters. The number of β-amino-alcohol motifs (C(OH)–C–C–N with tert-alkyl or cyclic N) is 1. The van der Waals surface area contributed by atoms with Crippen LogP contribution in [0.25, 0.3) is 10.4 Å². The number of likely N-dealkylation sites (tertiary alicyclic amines) is 1. The molecule has 0 bridgehead atoms. The van der Waals surface area contributed by atoms with Crippen LogP contribution in [-0.4, -0.2) is 42.3 Å². The Kier molecular flexibility index (Phi) is 2.92. The van der Waals surface area contributed by atoms with E-state index in [0.717, 1.165) is 19.4 Å². The molecule has 0 aliphatic carbocycles. The zero-order valence-corrected chi connectivity index (χ0v) is 7.27. The first kappa shape index (κ1) is 9.32. The van der Waals surface area contributed by atoms with E-state index in [9.17, 15) is 5.11 Å². The lowest BCUT2D eigenvalue weighted by Gasteiger charge is -2.36. The van der Waals surface area contributed by atoms with Gasteiger partial charge in [0, 0.05) is 11.5 Å². The Morgan fingerprint density at radius 3 is 3.08 bits per heavy atom. The molecule has 0 aromatic carbocycles. The predicted octanol–water partition coefficient (Wildman–Crippen LogP) is 0.753. The second kappa shape index (κ2) is 3.76. The molecule has 0 radical (unpaired) electrons. The van der Waals surface area contributed by atoms with Gasteiger partial charge in [0.1, 0.15) is 0 Å². The van der Waals surface area contributed by atoms with Crippen molar-refractivity contribution >= 4 is 0 Å². The van der Waals surface area contributed by atoms with Crippen LogP contribution in [0.15, 0.2) is 5.11 Å². The third-order valence-electron chi connectivity index (χ3n) is 2.17. The molecular formula is C7H14N4O. The Hall–Kier alpha value is -0.770. The van der Waals surface area contributed by atoms with E-state index < -0.39 is 5.60 Å². The minimum absolute atomic E-state index is 0.188. The number of aliphatic hydroxyl groups is 1. The zero-order chi connectivity index (χ0) is 9.03. The summed E-state index contributed by atoms with van der Waals surface area (Å²) in [5, 5.41) is 13.3. The van der Waals surface area contributed by atoms with E-state index in [1.54, 1.807) is 0 Å². The molecule has 1 aliphatic heterocycles. The summed E-state index contributed by atoms with van der Waals surface area (Å²) in [5.41, 5.74) is 7.32. The van der Waals surface area contributed by atoms with Crippen molar-refractivity contribution in [3.05, 3.63) is 10.4 Å². The lowest BCUT2D eigenvalue weighted by atomic mass is 9.93. The lowest BCUT2D eigenvalue weighted by Crippen LogP contribution is -2.48. The normalized spacial score (nSPS) is 31.2. The standard InChI is InChI=1S/C7H14N4O/c1-11-4-2-3-7(12,6-11)5-9-10-8/h12H,2-6H2,1H3/t7-/m0/s1. The van der Waals surface area contributed by atoms with Crippen molar-refractivity contribution in [2.75, 3.05) is 26.7 Å². The number of nitrogens with zero attached hydrogens (tertiary/aromatic N) is 4. The fourth-order valence-corrected chi connectivity index (χ4v) is 1.63. The fourth-order valence-electron chi connectivity index (χ4n) is 1.63. The third-order valence-corrected chi connectivity index (χ3v) is 2.17. The van der Waals surface area contributed by atoms with Gasteiger partial charge in [-0.05, 0) is 32.0 Å². The Morgan fingerprint density at radius 2 is 2.50 bits per heavy atom. The van der Waals surface area contributed by atoms with E-state index in [-0.39, 0.29) is 6.54 Å². The predicted molar refractivity (Wildman–Crippen MR) is 45.7 cm³/mol. The average Bonchev–Trinajstić information content (AvgIpc) is 2.01. The van der Waals surface area contributed by atoms with Gasteiger partial charge in [-0.2, -0.15) is 0 Å². The van der Waals surface area contributed by atoms with Crippen molar-refractivity contribution in [1.82, 2.24) is 4.90 Å². The van der Waals surface area contributed by atoms with Crippen LogP contribution in [0.5, 0.6) is 0 Å². The van der Waals surface area contributed by atoms with Crippen molar-refractivity contribution in [2.45, 2.75) is 18.4 Å². The van der Waals surface area contributed by atoms with Crippen LogP contribution >= 0.6 is 0 Å². The van der Waals surface area contributed by atoms with Gasteiger partial charge in [-0.25, -0.2) is 0 Å². The summed E-state index contributed by atoms with van der Waals surface area (Å²) < 4.78 is 0. The van der Waals surface area contributed by atoms with E-state index in [4.69, 9.17) is 5.53 Å². The van der Waals surface area contributed by atoms with Gasteiger partial charge in [-0.3, -0.25) is 0 Å². The summed E-state index contributed by atoms with van der Waals surface area (Å²) in [6.45, 7) is 1.80. The van der Waals surface area contributed by atoms with Gasteiger partial charge in [-0.15, -0.1) is 0 Å². The molecule has 0 aromatic heterocycles. The van der Waals surface area contributed by atoms with Crippen LogP contribution in [0.2, 0.25) is 0 Å². The van der Waals surface area contributed by atoms with E-state index in [1.165, 1.54) is 0 Å². The highest BCUT2D eigenvalue weighted by Gasteiger charge is 2.30. The molecule has 68 valence electrons. The van der Waals surface area contributed by atoms with Gasteiger partial charge in [-0.1, -0.05) is 5.11 Å². The van der Waals surface area contributed by atoms with Gasteiger partial charge in [0.05, 0.1) is 12.1 Å². The van der Waals surface area contributed by atoms with Gasteiger partial charge in [0.25, 0.3) is 0 Å². The number of hydrogen-bond donors (Lipinski definition) is 1. The molecule has 1 rings (SSSR count). The molecule has 5 nitrogen and oxygen atoms in total. The molecule has 0 saturated carbocycles. The van der Waals surface area contributed by atoms with Crippen LogP contribution < -0.4 is 0 Å². The van der Waals surface area contributed by atoms with Crippen molar-refractivity contribution < 1.29 is 5.11 Å². The summed E-state index contributed by atoms with van der Waals surface area (Å²) in [6.07, 6.45) is 1.70. The number of rotatable bonds is 2. The second-order valence-electron chi connectivity index (χ2n) is 3.45. The Bertz CT molecular complexity index is 202. The molecule has 1 N–H and O–H groups in total. The number of azide groups is 1. The lowest BCUT2D eigenvalue weighted by molar-refractivity contribution is -0.0149.